The number of carboxylic acid groups (broad SMARTS) is 1. The van der Waals surface area contributed by atoms with Gasteiger partial charge in [0.15, 0.2) is 0 Å². The number of halogens is 1. The summed E-state index contributed by atoms with van der Waals surface area (Å²) in [5, 5.41) is 15.2. The first-order valence-electron chi connectivity index (χ1n) is 11.0. The first-order chi connectivity index (χ1) is 16.8. The van der Waals surface area contributed by atoms with Gasteiger partial charge in [-0.3, -0.25) is 4.79 Å². The first-order valence-corrected chi connectivity index (χ1v) is 11.8. The summed E-state index contributed by atoms with van der Waals surface area (Å²) in [4.78, 5) is 28.8. The van der Waals surface area contributed by atoms with E-state index in [4.69, 9.17) is 5.11 Å². The summed E-state index contributed by atoms with van der Waals surface area (Å²) in [6, 6.07) is 20.3. The molecule has 3 aromatic carbocycles. The monoisotopic (exact) mass is 528 g/mol. The maximum atomic E-state index is 13.1. The summed E-state index contributed by atoms with van der Waals surface area (Å²) in [5.74, 6) is -0.445. The molecule has 0 fully saturated rings. The summed E-state index contributed by atoms with van der Waals surface area (Å²) in [6.45, 7) is 4.35. The lowest BCUT2D eigenvalue weighted by Crippen LogP contribution is -2.20. The largest absolute Gasteiger partial charge is 0.478 e. The molecule has 0 aliphatic heterocycles. The third-order valence-corrected chi connectivity index (χ3v) is 6.59. The topological polar surface area (TPSA) is 89.5 Å². The molecule has 0 saturated heterocycles. The minimum atomic E-state index is -0.946. The normalized spacial score (nSPS) is 11.6. The van der Waals surface area contributed by atoms with Gasteiger partial charge in [-0.1, -0.05) is 46.3 Å². The summed E-state index contributed by atoms with van der Waals surface area (Å²) < 4.78 is 4.29. The van der Waals surface area contributed by atoms with Gasteiger partial charge in [-0.05, 0) is 55.8 Å². The molecule has 7 nitrogen and oxygen atoms in total. The molecule has 5 aromatic rings. The van der Waals surface area contributed by atoms with E-state index in [1.807, 2.05) is 55.5 Å². The van der Waals surface area contributed by atoms with Crippen LogP contribution in [-0.2, 0) is 6.54 Å². The molecule has 5 rings (SSSR count). The number of fused-ring (bicyclic) bond motifs is 2. The Morgan fingerprint density at radius 2 is 1.80 bits per heavy atom. The minimum absolute atomic E-state index is 0.232. The van der Waals surface area contributed by atoms with E-state index >= 15 is 0 Å². The number of para-hydroxylation sites is 1. The van der Waals surface area contributed by atoms with Crippen LogP contribution in [0.5, 0.6) is 0 Å². The Labute approximate surface area is 209 Å². The standard InChI is InChI=1S/C27H21BrN4O3/c1-16-23(14-29-32-17(2)30-24-12-11-20(28)13-22(24)26(32)33)21-5-3-4-6-25(21)31(16)15-18-7-9-19(10-8-18)27(34)35/h3-14H,15H2,1-2H3,(H,34,35). The van der Waals surface area contributed by atoms with Crippen LogP contribution < -0.4 is 5.56 Å². The molecule has 0 aliphatic rings. The first kappa shape index (κ1) is 22.7. The highest BCUT2D eigenvalue weighted by Crippen LogP contribution is 2.26. The zero-order chi connectivity index (χ0) is 24.7. The van der Waals surface area contributed by atoms with Crippen LogP contribution in [0.3, 0.4) is 0 Å². The molecule has 0 saturated carbocycles. The van der Waals surface area contributed by atoms with E-state index in [1.165, 1.54) is 4.68 Å². The molecule has 8 heteroatoms. The van der Waals surface area contributed by atoms with Gasteiger partial charge in [0.2, 0.25) is 0 Å². The fraction of sp³-hybridized carbons (Fsp3) is 0.111. The van der Waals surface area contributed by atoms with Gasteiger partial charge < -0.3 is 9.67 Å². The number of benzene rings is 3. The number of hydrogen-bond acceptors (Lipinski definition) is 4. The number of hydrogen-bond donors (Lipinski definition) is 1. The number of aryl methyl sites for hydroxylation is 1. The van der Waals surface area contributed by atoms with Crippen molar-refractivity contribution >= 4 is 49.9 Å². The maximum Gasteiger partial charge on any atom is 0.335 e. The van der Waals surface area contributed by atoms with Crippen molar-refractivity contribution in [3.8, 4) is 0 Å². The van der Waals surface area contributed by atoms with Crippen LogP contribution in [0.25, 0.3) is 21.8 Å². The van der Waals surface area contributed by atoms with Gasteiger partial charge in [0.25, 0.3) is 5.56 Å². The van der Waals surface area contributed by atoms with Crippen molar-refractivity contribution < 1.29 is 9.90 Å². The molecule has 35 heavy (non-hydrogen) atoms. The van der Waals surface area contributed by atoms with E-state index < -0.39 is 5.97 Å². The Morgan fingerprint density at radius 1 is 1.06 bits per heavy atom. The Hall–Kier alpha value is -4.04. The van der Waals surface area contributed by atoms with E-state index in [9.17, 15) is 9.59 Å². The smallest absolute Gasteiger partial charge is 0.335 e. The van der Waals surface area contributed by atoms with Crippen LogP contribution in [0.15, 0.2) is 81.1 Å². The zero-order valence-electron chi connectivity index (χ0n) is 19.1. The average molecular weight is 529 g/mol. The molecule has 1 N–H and O–H groups in total. The van der Waals surface area contributed by atoms with Crippen LogP contribution in [0, 0.1) is 13.8 Å². The van der Waals surface area contributed by atoms with Crippen LogP contribution in [0.4, 0.5) is 0 Å². The van der Waals surface area contributed by atoms with Gasteiger partial charge in [-0.15, -0.1) is 0 Å². The van der Waals surface area contributed by atoms with Crippen molar-refractivity contribution in [1.82, 2.24) is 14.2 Å². The number of nitrogens with zero attached hydrogens (tertiary/aromatic N) is 4. The number of rotatable bonds is 5. The van der Waals surface area contributed by atoms with Gasteiger partial charge in [0.1, 0.15) is 5.82 Å². The average Bonchev–Trinajstić information content (AvgIpc) is 3.11. The molecule has 0 aliphatic carbocycles. The number of carboxylic acids is 1. The van der Waals surface area contributed by atoms with Gasteiger partial charge in [-0.2, -0.15) is 9.78 Å². The molecule has 0 spiro atoms. The maximum absolute atomic E-state index is 13.1. The van der Waals surface area contributed by atoms with Crippen molar-refractivity contribution in [2.24, 2.45) is 5.10 Å². The molecule has 0 unspecified atom stereocenters. The predicted molar refractivity (Wildman–Crippen MR) is 141 cm³/mol. The highest BCUT2D eigenvalue weighted by molar-refractivity contribution is 9.10. The van der Waals surface area contributed by atoms with Gasteiger partial charge in [0.05, 0.1) is 22.7 Å². The molecule has 0 amide bonds. The Kier molecular flexibility index (Phi) is 5.82. The quantitative estimate of drug-likeness (QED) is 0.311. The molecule has 0 atom stereocenters. The lowest BCUT2D eigenvalue weighted by atomic mass is 10.1. The SMILES string of the molecule is Cc1nc2ccc(Br)cc2c(=O)n1N=Cc1c(C)n(Cc2ccc(C(=O)O)cc2)c2ccccc12. The van der Waals surface area contributed by atoms with Gasteiger partial charge in [-0.25, -0.2) is 9.78 Å². The second-order valence-corrected chi connectivity index (χ2v) is 9.20. The third kappa shape index (κ3) is 4.17. The summed E-state index contributed by atoms with van der Waals surface area (Å²) in [7, 11) is 0. The number of aromatic nitrogens is 3. The van der Waals surface area contributed by atoms with E-state index in [-0.39, 0.29) is 11.1 Å². The zero-order valence-corrected chi connectivity index (χ0v) is 20.7. The van der Waals surface area contributed by atoms with Crippen molar-refractivity contribution in [1.29, 1.82) is 0 Å². The van der Waals surface area contributed by atoms with Crippen molar-refractivity contribution in [3.05, 3.63) is 110 Å². The number of carbonyl (C=O) groups is 1. The molecule has 2 aromatic heterocycles. The summed E-state index contributed by atoms with van der Waals surface area (Å²) >= 11 is 3.42. The highest BCUT2D eigenvalue weighted by Gasteiger charge is 2.14. The van der Waals surface area contributed by atoms with E-state index in [0.29, 0.717) is 23.3 Å². The van der Waals surface area contributed by atoms with E-state index in [2.05, 4.69) is 30.6 Å². The highest BCUT2D eigenvalue weighted by atomic mass is 79.9. The van der Waals surface area contributed by atoms with Crippen molar-refractivity contribution in [2.75, 3.05) is 0 Å². The third-order valence-electron chi connectivity index (χ3n) is 6.09. The molecular weight excluding hydrogens is 508 g/mol. The van der Waals surface area contributed by atoms with Crippen LogP contribution in [-0.4, -0.2) is 31.5 Å². The molecule has 0 radical (unpaired) electrons. The number of aromatic carboxylic acids is 1. The molecular formula is C27H21BrN4O3. The van der Waals surface area contributed by atoms with E-state index in [1.54, 1.807) is 31.3 Å². The molecule has 0 bridgehead atoms. The van der Waals surface area contributed by atoms with Gasteiger partial charge >= 0.3 is 5.97 Å². The summed E-state index contributed by atoms with van der Waals surface area (Å²) in [5.41, 5.74) is 4.56. The fourth-order valence-electron chi connectivity index (χ4n) is 4.27. The minimum Gasteiger partial charge on any atom is -0.478 e. The molecule has 2 heterocycles. The van der Waals surface area contributed by atoms with Gasteiger partial charge in [0, 0.05) is 33.2 Å². The predicted octanol–water partition coefficient (Wildman–Crippen LogP) is 5.36. The van der Waals surface area contributed by atoms with E-state index in [0.717, 1.165) is 32.2 Å². The fourth-order valence-corrected chi connectivity index (χ4v) is 4.63. The Bertz CT molecular complexity index is 1700. The lowest BCUT2D eigenvalue weighted by Gasteiger charge is -2.09. The van der Waals surface area contributed by atoms with Crippen LogP contribution in [0.1, 0.15) is 33.0 Å². The molecule has 174 valence electrons. The second kappa shape index (κ2) is 8.96. The van der Waals surface area contributed by atoms with Crippen LogP contribution >= 0.6 is 15.9 Å². The Morgan fingerprint density at radius 3 is 2.54 bits per heavy atom. The van der Waals surface area contributed by atoms with Crippen molar-refractivity contribution in [2.45, 2.75) is 20.4 Å². The Balaban J connectivity index is 1.59. The second-order valence-electron chi connectivity index (χ2n) is 8.29. The van der Waals surface area contributed by atoms with Crippen LogP contribution in [0.2, 0.25) is 0 Å². The lowest BCUT2D eigenvalue weighted by molar-refractivity contribution is 0.0697. The van der Waals surface area contributed by atoms with Crippen molar-refractivity contribution in [3.63, 3.8) is 0 Å². The summed E-state index contributed by atoms with van der Waals surface area (Å²) in [6.07, 6.45) is 1.71.